The van der Waals surface area contributed by atoms with Gasteiger partial charge in [0.15, 0.2) is 0 Å². The molecule has 0 aliphatic carbocycles. The summed E-state index contributed by atoms with van der Waals surface area (Å²) in [5.74, 6) is 5.87. The second kappa shape index (κ2) is 6.16. The molecule has 0 aromatic carbocycles. The van der Waals surface area contributed by atoms with Gasteiger partial charge < -0.3 is 14.7 Å². The number of likely N-dealkylation sites (N-methyl/N-ethyl adjacent to an activating group) is 1. The van der Waals surface area contributed by atoms with E-state index in [4.69, 9.17) is 15.7 Å². The number of aromatic nitrogens is 3. The van der Waals surface area contributed by atoms with E-state index in [1.807, 2.05) is 13.8 Å². The number of rotatable bonds is 6. The van der Waals surface area contributed by atoms with E-state index in [1.54, 1.807) is 11.9 Å². The average Bonchev–Trinajstić information content (AvgIpc) is 2.28. The van der Waals surface area contributed by atoms with Gasteiger partial charge in [0, 0.05) is 13.6 Å². The van der Waals surface area contributed by atoms with Crippen LogP contribution >= 0.6 is 0 Å². The number of hydrazine groups is 1. The molecular formula is C9H18N6O2. The molecular weight excluding hydrogens is 224 g/mol. The standard InChI is InChI=1S/C9H18N6O2/c1-6(2)17-9-12-7(14-10)11-8(13-9)15(3)4-5-16/h6,16H,4-5,10H2,1-3H3,(H,11,12,13,14). The van der Waals surface area contributed by atoms with Gasteiger partial charge in [0.25, 0.3) is 0 Å². The van der Waals surface area contributed by atoms with Crippen molar-refractivity contribution in [1.29, 1.82) is 0 Å². The van der Waals surface area contributed by atoms with Gasteiger partial charge >= 0.3 is 6.01 Å². The summed E-state index contributed by atoms with van der Waals surface area (Å²) < 4.78 is 5.38. The minimum absolute atomic E-state index is 0.00788. The predicted octanol–water partition coefficient (Wildman–Crippen LogP) is -0.627. The molecule has 1 aromatic rings. The summed E-state index contributed by atoms with van der Waals surface area (Å²) in [5.41, 5.74) is 2.35. The summed E-state index contributed by atoms with van der Waals surface area (Å²) in [6.45, 7) is 4.16. The van der Waals surface area contributed by atoms with Gasteiger partial charge in [0.1, 0.15) is 0 Å². The third-order valence-corrected chi connectivity index (χ3v) is 1.85. The van der Waals surface area contributed by atoms with Crippen molar-refractivity contribution in [3.63, 3.8) is 0 Å². The van der Waals surface area contributed by atoms with Crippen LogP contribution in [0.15, 0.2) is 0 Å². The first-order valence-electron chi connectivity index (χ1n) is 5.28. The van der Waals surface area contributed by atoms with Gasteiger partial charge in [-0.05, 0) is 13.8 Å². The minimum atomic E-state index is -0.0426. The molecule has 0 unspecified atom stereocenters. The minimum Gasteiger partial charge on any atom is -0.461 e. The molecule has 8 nitrogen and oxygen atoms in total. The highest BCUT2D eigenvalue weighted by atomic mass is 16.5. The summed E-state index contributed by atoms with van der Waals surface area (Å²) in [4.78, 5) is 13.8. The Balaban J connectivity index is 2.96. The van der Waals surface area contributed by atoms with Gasteiger partial charge in [-0.2, -0.15) is 15.0 Å². The van der Waals surface area contributed by atoms with Crippen LogP contribution in [0.5, 0.6) is 6.01 Å². The third-order valence-electron chi connectivity index (χ3n) is 1.85. The van der Waals surface area contributed by atoms with E-state index in [9.17, 15) is 0 Å². The maximum Gasteiger partial charge on any atom is 0.323 e. The van der Waals surface area contributed by atoms with Crippen LogP contribution in [-0.2, 0) is 0 Å². The van der Waals surface area contributed by atoms with E-state index in [-0.39, 0.29) is 24.7 Å². The number of nitrogens with one attached hydrogen (secondary N) is 1. The van der Waals surface area contributed by atoms with Gasteiger partial charge in [0.05, 0.1) is 12.7 Å². The number of nitrogens with zero attached hydrogens (tertiary/aromatic N) is 4. The lowest BCUT2D eigenvalue weighted by Gasteiger charge is -2.17. The molecule has 96 valence electrons. The van der Waals surface area contributed by atoms with Gasteiger partial charge in [0.2, 0.25) is 11.9 Å². The Labute approximate surface area is 99.8 Å². The highest BCUT2D eigenvalue weighted by molar-refractivity contribution is 5.36. The third kappa shape index (κ3) is 4.00. The molecule has 8 heteroatoms. The summed E-state index contributed by atoms with van der Waals surface area (Å²) >= 11 is 0. The number of hydrogen-bond acceptors (Lipinski definition) is 8. The molecule has 1 rings (SSSR count). The summed E-state index contributed by atoms with van der Waals surface area (Å²) in [6.07, 6.45) is -0.0426. The number of anilines is 2. The Morgan fingerprint density at radius 1 is 1.41 bits per heavy atom. The Kier molecular flexibility index (Phi) is 4.85. The molecule has 0 atom stereocenters. The largest absolute Gasteiger partial charge is 0.461 e. The first-order chi connectivity index (χ1) is 8.06. The van der Waals surface area contributed by atoms with Crippen LogP contribution in [0, 0.1) is 0 Å². The molecule has 17 heavy (non-hydrogen) atoms. The molecule has 0 spiro atoms. The van der Waals surface area contributed by atoms with Crippen LogP contribution in [0.1, 0.15) is 13.8 Å². The number of ether oxygens (including phenoxy) is 1. The number of aliphatic hydroxyl groups is 1. The summed E-state index contributed by atoms with van der Waals surface area (Å²) in [5, 5.41) is 8.85. The van der Waals surface area contributed by atoms with Crippen LogP contribution in [0.3, 0.4) is 0 Å². The van der Waals surface area contributed by atoms with Gasteiger partial charge in [-0.3, -0.25) is 5.43 Å². The van der Waals surface area contributed by atoms with E-state index in [2.05, 4.69) is 20.4 Å². The van der Waals surface area contributed by atoms with Crippen LogP contribution in [-0.4, -0.2) is 46.4 Å². The molecule has 0 radical (unpaired) electrons. The lowest BCUT2D eigenvalue weighted by molar-refractivity contribution is 0.222. The number of aliphatic hydroxyl groups excluding tert-OH is 1. The Morgan fingerprint density at radius 3 is 2.65 bits per heavy atom. The Bertz CT molecular complexity index is 359. The highest BCUT2D eigenvalue weighted by Crippen LogP contribution is 2.14. The van der Waals surface area contributed by atoms with Crippen molar-refractivity contribution in [3.8, 4) is 6.01 Å². The molecule has 1 aromatic heterocycles. The fraction of sp³-hybridized carbons (Fsp3) is 0.667. The van der Waals surface area contributed by atoms with Crippen molar-refractivity contribution >= 4 is 11.9 Å². The zero-order valence-corrected chi connectivity index (χ0v) is 10.2. The van der Waals surface area contributed by atoms with Crippen LogP contribution < -0.4 is 20.9 Å². The van der Waals surface area contributed by atoms with Gasteiger partial charge in [-0.1, -0.05) is 0 Å². The van der Waals surface area contributed by atoms with Crippen molar-refractivity contribution in [2.75, 3.05) is 30.5 Å². The van der Waals surface area contributed by atoms with E-state index in [1.165, 1.54) is 0 Å². The first kappa shape index (κ1) is 13.4. The smallest absolute Gasteiger partial charge is 0.323 e. The van der Waals surface area contributed by atoms with Crippen molar-refractivity contribution in [2.45, 2.75) is 20.0 Å². The lowest BCUT2D eigenvalue weighted by atomic mass is 10.5. The van der Waals surface area contributed by atoms with Crippen molar-refractivity contribution in [1.82, 2.24) is 15.0 Å². The van der Waals surface area contributed by atoms with Gasteiger partial charge in [-0.25, -0.2) is 5.84 Å². The number of nitrogen functional groups attached to an aromatic ring is 1. The molecule has 0 fully saturated rings. The molecule has 4 N–H and O–H groups in total. The molecule has 0 bridgehead atoms. The first-order valence-corrected chi connectivity index (χ1v) is 5.28. The molecule has 1 heterocycles. The normalized spacial score (nSPS) is 10.5. The number of hydrogen-bond donors (Lipinski definition) is 3. The van der Waals surface area contributed by atoms with Crippen molar-refractivity contribution < 1.29 is 9.84 Å². The van der Waals surface area contributed by atoms with Crippen molar-refractivity contribution in [3.05, 3.63) is 0 Å². The fourth-order valence-electron chi connectivity index (χ4n) is 1.09. The topological polar surface area (TPSA) is 109 Å². The van der Waals surface area contributed by atoms with Crippen LogP contribution in [0.4, 0.5) is 11.9 Å². The zero-order valence-electron chi connectivity index (χ0n) is 10.2. The lowest BCUT2D eigenvalue weighted by Crippen LogP contribution is -2.25. The summed E-state index contributed by atoms with van der Waals surface area (Å²) in [7, 11) is 1.75. The molecule has 0 aliphatic rings. The van der Waals surface area contributed by atoms with E-state index in [0.717, 1.165) is 0 Å². The average molecular weight is 242 g/mol. The molecule has 0 amide bonds. The van der Waals surface area contributed by atoms with Crippen LogP contribution in [0.25, 0.3) is 0 Å². The molecule has 0 saturated heterocycles. The molecule has 0 aliphatic heterocycles. The predicted molar refractivity (Wildman–Crippen MR) is 63.8 cm³/mol. The summed E-state index contributed by atoms with van der Waals surface area (Å²) in [6, 6.07) is 0.197. The van der Waals surface area contributed by atoms with E-state index >= 15 is 0 Å². The quantitative estimate of drug-likeness (QED) is 0.447. The SMILES string of the molecule is CC(C)Oc1nc(NN)nc(N(C)CCO)n1. The Morgan fingerprint density at radius 2 is 2.12 bits per heavy atom. The second-order valence-electron chi connectivity index (χ2n) is 3.70. The van der Waals surface area contributed by atoms with Crippen LogP contribution in [0.2, 0.25) is 0 Å². The molecule has 0 saturated carbocycles. The maximum atomic E-state index is 8.85. The zero-order chi connectivity index (χ0) is 12.8. The van der Waals surface area contributed by atoms with Crippen molar-refractivity contribution in [2.24, 2.45) is 5.84 Å². The monoisotopic (exact) mass is 242 g/mol. The van der Waals surface area contributed by atoms with E-state index in [0.29, 0.717) is 12.5 Å². The highest BCUT2D eigenvalue weighted by Gasteiger charge is 2.11. The number of nitrogens with two attached hydrogens (primary N) is 1. The van der Waals surface area contributed by atoms with Gasteiger partial charge in [-0.15, -0.1) is 0 Å². The Hall–Kier alpha value is -1.67. The maximum absolute atomic E-state index is 8.85. The van der Waals surface area contributed by atoms with E-state index < -0.39 is 0 Å². The fourth-order valence-corrected chi connectivity index (χ4v) is 1.09. The second-order valence-corrected chi connectivity index (χ2v) is 3.70.